The third-order valence-electron chi connectivity index (χ3n) is 3.44. The lowest BCUT2D eigenvalue weighted by molar-refractivity contribution is -0.131. The Labute approximate surface area is 156 Å². The molecule has 0 aromatic heterocycles. The van der Waals surface area contributed by atoms with Gasteiger partial charge >= 0.3 is 0 Å². The number of benzene rings is 2. The van der Waals surface area contributed by atoms with Crippen LogP contribution >= 0.6 is 11.8 Å². The summed E-state index contributed by atoms with van der Waals surface area (Å²) >= 11 is 1.45. The Balaban J connectivity index is 1.66. The smallest absolute Gasteiger partial charge is 0.279 e. The number of nitrogens with one attached hydrogen (secondary N) is 2. The largest absolute Gasteiger partial charge is 0.481 e. The summed E-state index contributed by atoms with van der Waals surface area (Å²) in [7, 11) is 0. The van der Waals surface area contributed by atoms with E-state index in [1.54, 1.807) is 0 Å². The van der Waals surface area contributed by atoms with E-state index >= 15 is 0 Å². The molecule has 0 fully saturated rings. The number of carbonyl (C=O) groups is 2. The Kier molecular flexibility index (Phi) is 7.47. The third-order valence-corrected chi connectivity index (χ3v) is 4.45. The van der Waals surface area contributed by atoms with Crippen LogP contribution in [-0.2, 0) is 15.3 Å². The van der Waals surface area contributed by atoms with Crippen molar-refractivity contribution in [1.29, 1.82) is 0 Å². The van der Waals surface area contributed by atoms with Gasteiger partial charge in [-0.3, -0.25) is 20.4 Å². The van der Waals surface area contributed by atoms with E-state index in [0.717, 1.165) is 5.56 Å². The Hall–Kier alpha value is -2.54. The minimum absolute atomic E-state index is 0.224. The van der Waals surface area contributed by atoms with E-state index in [1.807, 2.05) is 31.2 Å². The molecule has 138 valence electrons. The van der Waals surface area contributed by atoms with Crippen molar-refractivity contribution in [1.82, 2.24) is 10.9 Å². The number of hydrogen-bond donors (Lipinski definition) is 2. The highest BCUT2D eigenvalue weighted by Gasteiger charge is 2.15. The number of hydrazine groups is 1. The average Bonchev–Trinajstić information content (AvgIpc) is 2.63. The number of hydrogen-bond acceptors (Lipinski definition) is 4. The fourth-order valence-electron chi connectivity index (χ4n) is 1.99. The van der Waals surface area contributed by atoms with Crippen LogP contribution in [0.25, 0.3) is 0 Å². The van der Waals surface area contributed by atoms with Gasteiger partial charge < -0.3 is 4.74 Å². The molecule has 0 bridgehead atoms. The highest BCUT2D eigenvalue weighted by Crippen LogP contribution is 2.13. The van der Waals surface area contributed by atoms with E-state index in [0.29, 0.717) is 11.5 Å². The number of aryl methyl sites for hydroxylation is 1. The van der Waals surface area contributed by atoms with Gasteiger partial charge in [0.15, 0.2) is 6.10 Å². The van der Waals surface area contributed by atoms with Gasteiger partial charge in [-0.2, -0.15) is 0 Å². The molecule has 2 rings (SSSR count). The molecule has 0 heterocycles. The van der Waals surface area contributed by atoms with Gasteiger partial charge in [0.1, 0.15) is 11.6 Å². The lowest BCUT2D eigenvalue weighted by Crippen LogP contribution is -2.47. The van der Waals surface area contributed by atoms with Crippen molar-refractivity contribution in [2.24, 2.45) is 0 Å². The quantitative estimate of drug-likeness (QED) is 0.729. The standard InChI is InChI=1S/C19H21FN2O3S/c1-13-3-5-15(6-4-13)11-26-12-18(23)21-22-19(24)14(2)25-17-9-7-16(20)8-10-17/h3-10,14H,11-12H2,1-2H3,(H,21,23)(H,22,24)/t14-/m0/s1. The van der Waals surface area contributed by atoms with Crippen molar-refractivity contribution < 1.29 is 18.7 Å². The summed E-state index contributed by atoms with van der Waals surface area (Å²) < 4.78 is 18.2. The highest BCUT2D eigenvalue weighted by molar-refractivity contribution is 7.99. The molecule has 0 aliphatic heterocycles. The molecule has 7 heteroatoms. The van der Waals surface area contributed by atoms with E-state index in [2.05, 4.69) is 10.9 Å². The maximum absolute atomic E-state index is 12.8. The summed E-state index contributed by atoms with van der Waals surface area (Å²) in [6, 6.07) is 13.4. The van der Waals surface area contributed by atoms with Crippen LogP contribution in [0.2, 0.25) is 0 Å². The maximum Gasteiger partial charge on any atom is 0.279 e. The molecule has 26 heavy (non-hydrogen) atoms. The molecule has 0 spiro atoms. The van der Waals surface area contributed by atoms with Crippen molar-refractivity contribution >= 4 is 23.6 Å². The first-order valence-corrected chi connectivity index (χ1v) is 9.23. The molecule has 0 radical (unpaired) electrons. The van der Waals surface area contributed by atoms with Gasteiger partial charge in [-0.1, -0.05) is 29.8 Å². The minimum atomic E-state index is -0.832. The lowest BCUT2D eigenvalue weighted by Gasteiger charge is -2.15. The van der Waals surface area contributed by atoms with Crippen molar-refractivity contribution in [2.45, 2.75) is 25.7 Å². The molecule has 2 N–H and O–H groups in total. The first-order valence-electron chi connectivity index (χ1n) is 8.08. The Morgan fingerprint density at radius 3 is 2.38 bits per heavy atom. The minimum Gasteiger partial charge on any atom is -0.481 e. The average molecular weight is 376 g/mol. The summed E-state index contributed by atoms with van der Waals surface area (Å²) in [5.74, 6) is 0.127. The molecule has 1 atom stereocenters. The molecule has 2 aromatic carbocycles. The summed E-state index contributed by atoms with van der Waals surface area (Å²) in [5.41, 5.74) is 7.00. The number of carbonyl (C=O) groups excluding carboxylic acids is 2. The fraction of sp³-hybridized carbons (Fsp3) is 0.263. The van der Waals surface area contributed by atoms with Crippen molar-refractivity contribution in [2.75, 3.05) is 5.75 Å². The zero-order chi connectivity index (χ0) is 18.9. The van der Waals surface area contributed by atoms with Crippen LogP contribution in [0.15, 0.2) is 48.5 Å². The molecular formula is C19H21FN2O3S. The van der Waals surface area contributed by atoms with Crippen LogP contribution in [-0.4, -0.2) is 23.7 Å². The Bertz CT molecular complexity index is 735. The van der Waals surface area contributed by atoms with Crippen molar-refractivity contribution in [3.8, 4) is 5.75 Å². The predicted octanol–water partition coefficient (Wildman–Crippen LogP) is 2.98. The molecule has 0 saturated carbocycles. The second kappa shape index (κ2) is 9.82. The van der Waals surface area contributed by atoms with Crippen LogP contribution in [0.5, 0.6) is 5.75 Å². The normalized spacial score (nSPS) is 11.5. The van der Waals surface area contributed by atoms with Gasteiger partial charge in [-0.15, -0.1) is 11.8 Å². The number of rotatable bonds is 7. The number of thioether (sulfide) groups is 1. The van der Waals surface area contributed by atoms with Gasteiger partial charge in [0.25, 0.3) is 5.91 Å². The zero-order valence-corrected chi connectivity index (χ0v) is 15.4. The van der Waals surface area contributed by atoms with Crippen LogP contribution < -0.4 is 15.6 Å². The molecule has 2 aromatic rings. The zero-order valence-electron chi connectivity index (χ0n) is 14.6. The van der Waals surface area contributed by atoms with Gasteiger partial charge in [0.05, 0.1) is 5.75 Å². The third kappa shape index (κ3) is 6.76. The topological polar surface area (TPSA) is 67.4 Å². The van der Waals surface area contributed by atoms with Crippen LogP contribution in [0.4, 0.5) is 4.39 Å². The molecule has 0 aliphatic carbocycles. The summed E-state index contributed by atoms with van der Waals surface area (Å²) in [5, 5.41) is 0. The molecule has 0 aliphatic rings. The second-order valence-electron chi connectivity index (χ2n) is 5.73. The van der Waals surface area contributed by atoms with Crippen LogP contribution in [0, 0.1) is 12.7 Å². The number of amides is 2. The van der Waals surface area contributed by atoms with Crippen LogP contribution in [0.1, 0.15) is 18.1 Å². The van der Waals surface area contributed by atoms with Crippen LogP contribution in [0.3, 0.4) is 0 Å². The van der Waals surface area contributed by atoms with E-state index in [1.165, 1.54) is 48.5 Å². The summed E-state index contributed by atoms with van der Waals surface area (Å²) in [6.07, 6.45) is -0.832. The summed E-state index contributed by atoms with van der Waals surface area (Å²) in [4.78, 5) is 23.7. The first kappa shape index (κ1) is 19.8. The molecule has 5 nitrogen and oxygen atoms in total. The molecular weight excluding hydrogens is 355 g/mol. The van der Waals surface area contributed by atoms with Crippen molar-refractivity contribution in [3.63, 3.8) is 0 Å². The Morgan fingerprint density at radius 1 is 1.08 bits per heavy atom. The maximum atomic E-state index is 12.8. The van der Waals surface area contributed by atoms with Gasteiger partial charge in [0.2, 0.25) is 5.91 Å². The fourth-order valence-corrected chi connectivity index (χ4v) is 2.77. The predicted molar refractivity (Wildman–Crippen MR) is 100 cm³/mol. The number of ether oxygens (including phenoxy) is 1. The van der Waals surface area contributed by atoms with Crippen molar-refractivity contribution in [3.05, 3.63) is 65.5 Å². The van der Waals surface area contributed by atoms with Gasteiger partial charge in [-0.05, 0) is 43.7 Å². The highest BCUT2D eigenvalue weighted by atomic mass is 32.2. The first-order chi connectivity index (χ1) is 12.4. The Morgan fingerprint density at radius 2 is 1.73 bits per heavy atom. The second-order valence-corrected chi connectivity index (χ2v) is 6.72. The molecule has 0 unspecified atom stereocenters. The summed E-state index contributed by atoms with van der Waals surface area (Å²) in [6.45, 7) is 3.56. The monoisotopic (exact) mass is 376 g/mol. The SMILES string of the molecule is Cc1ccc(CSCC(=O)NNC(=O)[C@H](C)Oc2ccc(F)cc2)cc1. The van der Waals surface area contributed by atoms with E-state index in [9.17, 15) is 14.0 Å². The van der Waals surface area contributed by atoms with E-state index in [-0.39, 0.29) is 17.5 Å². The van der Waals surface area contributed by atoms with Gasteiger partial charge in [0, 0.05) is 5.75 Å². The van der Waals surface area contributed by atoms with E-state index < -0.39 is 12.0 Å². The number of halogens is 1. The van der Waals surface area contributed by atoms with E-state index in [4.69, 9.17) is 4.74 Å². The van der Waals surface area contributed by atoms with Gasteiger partial charge in [-0.25, -0.2) is 4.39 Å². The molecule has 2 amide bonds. The molecule has 0 saturated heterocycles. The lowest BCUT2D eigenvalue weighted by atomic mass is 10.2.